The highest BCUT2D eigenvalue weighted by Crippen LogP contribution is 2.09. The van der Waals surface area contributed by atoms with Gasteiger partial charge in [0.1, 0.15) is 12.9 Å². The predicted octanol–water partition coefficient (Wildman–Crippen LogP) is 0.130. The van der Waals surface area contributed by atoms with E-state index in [0.29, 0.717) is 13.4 Å². The molecule has 9 heavy (non-hydrogen) atoms. The standard InChI is InChI=1S/C6H12O3/c1-2-6-5(7)3-8-4-9-6/h5-7H,2-4H2,1H3. The van der Waals surface area contributed by atoms with Gasteiger partial charge < -0.3 is 14.6 Å². The van der Waals surface area contributed by atoms with E-state index in [1.54, 1.807) is 0 Å². The fourth-order valence-corrected chi connectivity index (χ4v) is 0.913. The molecule has 0 aromatic carbocycles. The van der Waals surface area contributed by atoms with Gasteiger partial charge in [0, 0.05) is 0 Å². The van der Waals surface area contributed by atoms with E-state index in [0.717, 1.165) is 6.42 Å². The van der Waals surface area contributed by atoms with Crippen molar-refractivity contribution in [3.05, 3.63) is 0 Å². The molecule has 1 fully saturated rings. The van der Waals surface area contributed by atoms with Crippen LogP contribution in [0.2, 0.25) is 0 Å². The smallest absolute Gasteiger partial charge is 0.147 e. The number of ether oxygens (including phenoxy) is 2. The minimum absolute atomic E-state index is 0.0150. The number of aliphatic hydroxyl groups is 1. The molecule has 1 aliphatic rings. The van der Waals surface area contributed by atoms with Crippen molar-refractivity contribution in [1.82, 2.24) is 0 Å². The molecule has 0 aliphatic carbocycles. The van der Waals surface area contributed by atoms with Crippen molar-refractivity contribution in [1.29, 1.82) is 0 Å². The number of hydrogen-bond donors (Lipinski definition) is 1. The van der Waals surface area contributed by atoms with E-state index < -0.39 is 6.10 Å². The molecule has 2 unspecified atom stereocenters. The van der Waals surface area contributed by atoms with Crippen LogP contribution in [0.5, 0.6) is 0 Å². The highest BCUT2D eigenvalue weighted by molar-refractivity contribution is 4.68. The third-order valence-electron chi connectivity index (χ3n) is 1.49. The molecule has 0 spiro atoms. The largest absolute Gasteiger partial charge is 0.388 e. The Balaban J connectivity index is 2.30. The lowest BCUT2D eigenvalue weighted by Crippen LogP contribution is -2.38. The second kappa shape index (κ2) is 3.15. The van der Waals surface area contributed by atoms with Gasteiger partial charge in [0.05, 0.1) is 12.7 Å². The van der Waals surface area contributed by atoms with E-state index in [4.69, 9.17) is 14.6 Å². The Labute approximate surface area is 54.6 Å². The molecule has 0 aromatic heterocycles. The van der Waals surface area contributed by atoms with Gasteiger partial charge in [-0.2, -0.15) is 0 Å². The normalized spacial score (nSPS) is 36.7. The summed E-state index contributed by atoms with van der Waals surface area (Å²) in [6, 6.07) is 0. The lowest BCUT2D eigenvalue weighted by atomic mass is 10.1. The fourth-order valence-electron chi connectivity index (χ4n) is 0.913. The van der Waals surface area contributed by atoms with Gasteiger partial charge in [-0.05, 0) is 6.42 Å². The summed E-state index contributed by atoms with van der Waals surface area (Å²) in [6.07, 6.45) is 0.410. The summed E-state index contributed by atoms with van der Waals surface area (Å²) < 4.78 is 9.91. The SMILES string of the molecule is CCC1OCOCC1O. The summed E-state index contributed by atoms with van der Waals surface area (Å²) in [6.45, 7) is 2.73. The zero-order chi connectivity index (χ0) is 6.69. The molecule has 1 N–H and O–H groups in total. The van der Waals surface area contributed by atoms with Gasteiger partial charge >= 0.3 is 0 Å². The number of hydrogen-bond acceptors (Lipinski definition) is 3. The van der Waals surface area contributed by atoms with Gasteiger partial charge in [0.2, 0.25) is 0 Å². The first kappa shape index (κ1) is 6.99. The highest BCUT2D eigenvalue weighted by Gasteiger charge is 2.21. The predicted molar refractivity (Wildman–Crippen MR) is 32.0 cm³/mol. The summed E-state index contributed by atoms with van der Waals surface area (Å²) in [7, 11) is 0. The van der Waals surface area contributed by atoms with Crippen LogP contribution in [0.25, 0.3) is 0 Å². The molecule has 1 aliphatic heterocycles. The quantitative estimate of drug-likeness (QED) is 0.551. The second-order valence-electron chi connectivity index (χ2n) is 2.17. The topological polar surface area (TPSA) is 38.7 Å². The molecule has 0 radical (unpaired) electrons. The first-order valence-electron chi connectivity index (χ1n) is 3.22. The van der Waals surface area contributed by atoms with Crippen molar-refractivity contribution >= 4 is 0 Å². The van der Waals surface area contributed by atoms with E-state index in [-0.39, 0.29) is 6.10 Å². The summed E-state index contributed by atoms with van der Waals surface area (Å²) in [5, 5.41) is 9.12. The Bertz CT molecular complexity index is 84.4. The number of aliphatic hydroxyl groups excluding tert-OH is 1. The molecule has 2 atom stereocenters. The molecule has 1 heterocycles. The maximum Gasteiger partial charge on any atom is 0.147 e. The Kier molecular flexibility index (Phi) is 2.45. The third kappa shape index (κ3) is 1.64. The van der Waals surface area contributed by atoms with Gasteiger partial charge in [-0.1, -0.05) is 6.92 Å². The van der Waals surface area contributed by atoms with Crippen LogP contribution in [-0.4, -0.2) is 30.7 Å². The van der Waals surface area contributed by atoms with Crippen molar-refractivity contribution in [3.63, 3.8) is 0 Å². The molecule has 54 valence electrons. The molecule has 1 rings (SSSR count). The van der Waals surface area contributed by atoms with Crippen LogP contribution in [0.15, 0.2) is 0 Å². The second-order valence-corrected chi connectivity index (χ2v) is 2.17. The van der Waals surface area contributed by atoms with Crippen LogP contribution < -0.4 is 0 Å². The molecule has 1 saturated heterocycles. The Morgan fingerprint density at radius 1 is 1.67 bits per heavy atom. The molecule has 3 heteroatoms. The zero-order valence-electron chi connectivity index (χ0n) is 5.54. The lowest BCUT2D eigenvalue weighted by molar-refractivity contribution is -0.193. The van der Waals surface area contributed by atoms with Crippen LogP contribution in [0.3, 0.4) is 0 Å². The maximum atomic E-state index is 9.12. The van der Waals surface area contributed by atoms with Crippen LogP contribution in [0.1, 0.15) is 13.3 Å². The molecule has 0 aromatic rings. The minimum atomic E-state index is -0.427. The van der Waals surface area contributed by atoms with Crippen molar-refractivity contribution in [2.24, 2.45) is 0 Å². The van der Waals surface area contributed by atoms with Crippen molar-refractivity contribution in [3.8, 4) is 0 Å². The third-order valence-corrected chi connectivity index (χ3v) is 1.49. The van der Waals surface area contributed by atoms with Crippen LogP contribution in [0, 0.1) is 0 Å². The molecule has 0 amide bonds. The molecular weight excluding hydrogens is 120 g/mol. The van der Waals surface area contributed by atoms with Crippen molar-refractivity contribution < 1.29 is 14.6 Å². The van der Waals surface area contributed by atoms with E-state index in [1.165, 1.54) is 0 Å². The Morgan fingerprint density at radius 3 is 2.89 bits per heavy atom. The maximum absolute atomic E-state index is 9.12. The van der Waals surface area contributed by atoms with Gasteiger partial charge in [0.15, 0.2) is 0 Å². The zero-order valence-corrected chi connectivity index (χ0v) is 5.54. The van der Waals surface area contributed by atoms with Crippen molar-refractivity contribution in [2.75, 3.05) is 13.4 Å². The van der Waals surface area contributed by atoms with E-state index >= 15 is 0 Å². The first-order valence-corrected chi connectivity index (χ1v) is 3.22. The van der Waals surface area contributed by atoms with E-state index in [2.05, 4.69) is 0 Å². The lowest BCUT2D eigenvalue weighted by Gasteiger charge is -2.26. The Hall–Kier alpha value is -0.120. The minimum Gasteiger partial charge on any atom is -0.388 e. The van der Waals surface area contributed by atoms with Gasteiger partial charge in [-0.3, -0.25) is 0 Å². The first-order chi connectivity index (χ1) is 4.34. The van der Waals surface area contributed by atoms with Crippen molar-refractivity contribution in [2.45, 2.75) is 25.6 Å². The van der Waals surface area contributed by atoms with Gasteiger partial charge in [-0.25, -0.2) is 0 Å². The number of rotatable bonds is 1. The highest BCUT2D eigenvalue weighted by atomic mass is 16.7. The fraction of sp³-hybridized carbons (Fsp3) is 1.00. The van der Waals surface area contributed by atoms with Crippen LogP contribution in [0.4, 0.5) is 0 Å². The average Bonchev–Trinajstić information content (AvgIpc) is 1.89. The molecule has 3 nitrogen and oxygen atoms in total. The van der Waals surface area contributed by atoms with Gasteiger partial charge in [-0.15, -0.1) is 0 Å². The molecular formula is C6H12O3. The van der Waals surface area contributed by atoms with Gasteiger partial charge in [0.25, 0.3) is 0 Å². The molecule has 0 bridgehead atoms. The van der Waals surface area contributed by atoms with Crippen LogP contribution >= 0.6 is 0 Å². The summed E-state index contributed by atoms with van der Waals surface area (Å²) >= 11 is 0. The molecule has 0 saturated carbocycles. The summed E-state index contributed by atoms with van der Waals surface area (Å²) in [4.78, 5) is 0. The average molecular weight is 132 g/mol. The van der Waals surface area contributed by atoms with E-state index in [9.17, 15) is 0 Å². The van der Waals surface area contributed by atoms with E-state index in [1.807, 2.05) is 6.92 Å². The summed E-state index contributed by atoms with van der Waals surface area (Å²) in [5.41, 5.74) is 0. The Morgan fingerprint density at radius 2 is 2.44 bits per heavy atom. The monoisotopic (exact) mass is 132 g/mol. The van der Waals surface area contributed by atoms with Crippen LogP contribution in [-0.2, 0) is 9.47 Å². The summed E-state index contributed by atoms with van der Waals surface area (Å²) in [5.74, 6) is 0.